The molecule has 4 rings (SSSR count). The van der Waals surface area contributed by atoms with E-state index in [1.54, 1.807) is 24.4 Å². The van der Waals surface area contributed by atoms with Crippen LogP contribution in [0.2, 0.25) is 0 Å². The SMILES string of the molecule is O=C(N[C@@H](Cc1ccccc1)C(=O)OCc1ccc(F)c2cccnc12)c1ccco1. The molecule has 2 aromatic carbocycles. The third-order valence-electron chi connectivity index (χ3n) is 4.79. The molecule has 156 valence electrons. The van der Waals surface area contributed by atoms with Gasteiger partial charge in [0.05, 0.1) is 11.8 Å². The van der Waals surface area contributed by atoms with E-state index in [0.717, 1.165) is 5.56 Å². The molecule has 0 radical (unpaired) electrons. The summed E-state index contributed by atoms with van der Waals surface area (Å²) in [5, 5.41) is 3.02. The number of pyridine rings is 1. The van der Waals surface area contributed by atoms with Crippen molar-refractivity contribution in [3.8, 4) is 0 Å². The van der Waals surface area contributed by atoms with E-state index in [2.05, 4.69) is 10.3 Å². The average molecular weight is 418 g/mol. The smallest absolute Gasteiger partial charge is 0.329 e. The average Bonchev–Trinajstić information content (AvgIpc) is 3.34. The van der Waals surface area contributed by atoms with Gasteiger partial charge in [-0.3, -0.25) is 9.78 Å². The second-order valence-electron chi connectivity index (χ2n) is 6.91. The van der Waals surface area contributed by atoms with Gasteiger partial charge in [0.25, 0.3) is 5.91 Å². The minimum Gasteiger partial charge on any atom is -0.459 e. The van der Waals surface area contributed by atoms with Crippen molar-refractivity contribution in [2.75, 3.05) is 0 Å². The van der Waals surface area contributed by atoms with Crippen LogP contribution >= 0.6 is 0 Å². The predicted molar refractivity (Wildman–Crippen MR) is 112 cm³/mol. The lowest BCUT2D eigenvalue weighted by Crippen LogP contribution is -2.43. The zero-order valence-corrected chi connectivity index (χ0v) is 16.5. The fourth-order valence-electron chi connectivity index (χ4n) is 3.24. The number of ether oxygens (including phenoxy) is 1. The lowest BCUT2D eigenvalue weighted by Gasteiger charge is -2.18. The van der Waals surface area contributed by atoms with Crippen molar-refractivity contribution < 1.29 is 23.1 Å². The van der Waals surface area contributed by atoms with Crippen LogP contribution in [0.3, 0.4) is 0 Å². The number of hydrogen-bond donors (Lipinski definition) is 1. The third-order valence-corrected chi connectivity index (χ3v) is 4.79. The monoisotopic (exact) mass is 418 g/mol. The van der Waals surface area contributed by atoms with Gasteiger partial charge in [-0.05, 0) is 35.9 Å². The lowest BCUT2D eigenvalue weighted by molar-refractivity contribution is -0.147. The quantitative estimate of drug-likeness (QED) is 0.458. The first-order chi connectivity index (χ1) is 15.1. The Morgan fingerprint density at radius 3 is 2.65 bits per heavy atom. The molecular formula is C24H19FN2O4. The molecule has 1 atom stereocenters. The zero-order chi connectivity index (χ0) is 21.6. The van der Waals surface area contributed by atoms with Crippen molar-refractivity contribution in [2.24, 2.45) is 0 Å². The maximum absolute atomic E-state index is 14.0. The minimum atomic E-state index is -0.931. The lowest BCUT2D eigenvalue weighted by atomic mass is 10.1. The number of esters is 1. The summed E-state index contributed by atoms with van der Waals surface area (Å²) in [5.74, 6) is -1.43. The molecule has 7 heteroatoms. The Morgan fingerprint density at radius 2 is 1.87 bits per heavy atom. The van der Waals surface area contributed by atoms with Crippen molar-refractivity contribution in [3.63, 3.8) is 0 Å². The van der Waals surface area contributed by atoms with Gasteiger partial charge in [0.15, 0.2) is 5.76 Å². The van der Waals surface area contributed by atoms with Crippen LogP contribution in [0, 0.1) is 5.82 Å². The largest absolute Gasteiger partial charge is 0.459 e. The second-order valence-corrected chi connectivity index (χ2v) is 6.91. The summed E-state index contributed by atoms with van der Waals surface area (Å²) >= 11 is 0. The molecule has 0 fully saturated rings. The van der Waals surface area contributed by atoms with Crippen LogP contribution in [0.4, 0.5) is 4.39 Å². The maximum Gasteiger partial charge on any atom is 0.329 e. The van der Waals surface area contributed by atoms with E-state index < -0.39 is 23.7 Å². The minimum absolute atomic E-state index is 0.0968. The number of amides is 1. The Kier molecular flexibility index (Phi) is 6.03. The van der Waals surface area contributed by atoms with Crippen LogP contribution in [0.1, 0.15) is 21.7 Å². The first kappa shape index (κ1) is 20.3. The van der Waals surface area contributed by atoms with Crippen LogP contribution in [0.25, 0.3) is 10.9 Å². The second kappa shape index (κ2) is 9.21. The molecule has 2 heterocycles. The Hall–Kier alpha value is -4.00. The normalized spacial score (nSPS) is 11.8. The Labute approximate surface area is 177 Å². The number of halogens is 1. The number of carbonyl (C=O) groups excluding carboxylic acids is 2. The first-order valence-corrected chi connectivity index (χ1v) is 9.69. The molecule has 0 aliphatic rings. The van der Waals surface area contributed by atoms with Crippen LogP contribution < -0.4 is 5.32 Å². The summed E-state index contributed by atoms with van der Waals surface area (Å²) < 4.78 is 24.6. The van der Waals surface area contributed by atoms with Crippen molar-refractivity contribution in [2.45, 2.75) is 19.1 Å². The molecule has 0 aliphatic carbocycles. The highest BCUT2D eigenvalue weighted by Gasteiger charge is 2.25. The van der Waals surface area contributed by atoms with E-state index in [0.29, 0.717) is 16.5 Å². The molecule has 31 heavy (non-hydrogen) atoms. The fraction of sp³-hybridized carbons (Fsp3) is 0.125. The van der Waals surface area contributed by atoms with E-state index in [4.69, 9.17) is 9.15 Å². The van der Waals surface area contributed by atoms with E-state index in [9.17, 15) is 14.0 Å². The van der Waals surface area contributed by atoms with Crippen molar-refractivity contribution >= 4 is 22.8 Å². The predicted octanol–water partition coefficient (Wildman–Crippen LogP) is 4.05. The Balaban J connectivity index is 1.51. The zero-order valence-electron chi connectivity index (χ0n) is 16.5. The van der Waals surface area contributed by atoms with Crippen molar-refractivity contribution in [1.82, 2.24) is 10.3 Å². The molecule has 1 amide bonds. The standard InChI is InChI=1S/C24H19FN2O4/c25-19-11-10-17(22-18(19)8-4-12-26-22)15-31-24(29)20(14-16-6-2-1-3-7-16)27-23(28)21-9-5-13-30-21/h1-13,20H,14-15H2,(H,27,28)/t20-/m0/s1. The van der Waals surface area contributed by atoms with Gasteiger partial charge in [-0.15, -0.1) is 0 Å². The van der Waals surface area contributed by atoms with E-state index in [1.165, 1.54) is 24.5 Å². The topological polar surface area (TPSA) is 81.4 Å². The number of nitrogens with zero attached hydrogens (tertiary/aromatic N) is 1. The van der Waals surface area contributed by atoms with Gasteiger partial charge in [-0.2, -0.15) is 0 Å². The molecule has 0 aliphatic heterocycles. The molecule has 6 nitrogen and oxygen atoms in total. The Morgan fingerprint density at radius 1 is 1.03 bits per heavy atom. The molecule has 0 unspecified atom stereocenters. The summed E-state index contributed by atoms with van der Waals surface area (Å²) in [5.41, 5.74) is 1.86. The summed E-state index contributed by atoms with van der Waals surface area (Å²) in [4.78, 5) is 29.5. The van der Waals surface area contributed by atoms with Gasteiger partial charge in [-0.25, -0.2) is 9.18 Å². The van der Waals surface area contributed by atoms with E-state index in [1.807, 2.05) is 30.3 Å². The number of rotatable bonds is 7. The molecule has 0 bridgehead atoms. The molecule has 2 aromatic heterocycles. The first-order valence-electron chi connectivity index (χ1n) is 9.69. The summed E-state index contributed by atoms with van der Waals surface area (Å²) in [6.45, 7) is -0.103. The fourth-order valence-corrected chi connectivity index (χ4v) is 3.24. The van der Waals surface area contributed by atoms with Crippen molar-refractivity contribution in [1.29, 1.82) is 0 Å². The number of nitrogens with one attached hydrogen (secondary N) is 1. The summed E-state index contributed by atoms with van der Waals surface area (Å²) in [6, 6.07) is 17.6. The van der Waals surface area contributed by atoms with Gasteiger partial charge in [-0.1, -0.05) is 36.4 Å². The summed E-state index contributed by atoms with van der Waals surface area (Å²) in [6.07, 6.45) is 3.18. The number of benzene rings is 2. The molecule has 4 aromatic rings. The van der Waals surface area contributed by atoms with Crippen LogP contribution in [0.5, 0.6) is 0 Å². The van der Waals surface area contributed by atoms with Crippen LogP contribution in [-0.4, -0.2) is 22.9 Å². The van der Waals surface area contributed by atoms with Gasteiger partial charge in [0.1, 0.15) is 18.5 Å². The van der Waals surface area contributed by atoms with E-state index >= 15 is 0 Å². The van der Waals surface area contributed by atoms with Gasteiger partial charge < -0.3 is 14.5 Å². The highest BCUT2D eigenvalue weighted by atomic mass is 19.1. The number of carbonyl (C=O) groups is 2. The Bertz CT molecular complexity index is 1190. The van der Waals surface area contributed by atoms with Crippen LogP contribution in [-0.2, 0) is 22.6 Å². The third kappa shape index (κ3) is 4.78. The van der Waals surface area contributed by atoms with Crippen LogP contribution in [0.15, 0.2) is 83.6 Å². The van der Waals surface area contributed by atoms with E-state index in [-0.39, 0.29) is 18.8 Å². The highest BCUT2D eigenvalue weighted by molar-refractivity contribution is 5.94. The van der Waals surface area contributed by atoms with Crippen molar-refractivity contribution in [3.05, 3.63) is 102 Å². The highest BCUT2D eigenvalue weighted by Crippen LogP contribution is 2.20. The number of hydrogen-bond acceptors (Lipinski definition) is 5. The number of fused-ring (bicyclic) bond motifs is 1. The molecular weight excluding hydrogens is 399 g/mol. The van der Waals surface area contributed by atoms with Gasteiger partial charge in [0, 0.05) is 23.6 Å². The molecule has 0 saturated heterocycles. The summed E-state index contributed by atoms with van der Waals surface area (Å²) in [7, 11) is 0. The number of aromatic nitrogens is 1. The van der Waals surface area contributed by atoms with Gasteiger partial charge in [0.2, 0.25) is 0 Å². The number of furan rings is 1. The molecule has 1 N–H and O–H groups in total. The molecule has 0 spiro atoms. The molecule has 0 saturated carbocycles. The van der Waals surface area contributed by atoms with Gasteiger partial charge >= 0.3 is 5.97 Å². The maximum atomic E-state index is 14.0.